The molecule has 1 spiro atoms. The van der Waals surface area contributed by atoms with Gasteiger partial charge in [-0.15, -0.1) is 11.3 Å². The fourth-order valence-corrected chi connectivity index (χ4v) is 5.77. The van der Waals surface area contributed by atoms with E-state index in [1.807, 2.05) is 19.1 Å². The summed E-state index contributed by atoms with van der Waals surface area (Å²) in [6.45, 7) is 4.31. The van der Waals surface area contributed by atoms with Crippen molar-refractivity contribution in [2.75, 3.05) is 30.3 Å². The maximum absolute atomic E-state index is 12.4. The van der Waals surface area contributed by atoms with Crippen LogP contribution in [0.1, 0.15) is 27.4 Å². The van der Waals surface area contributed by atoms with Crippen LogP contribution in [0.5, 0.6) is 0 Å². The number of aromatic nitrogens is 2. The maximum Gasteiger partial charge on any atom is 0.261 e. The molecular weight excluding hydrogens is 362 g/mol. The molecule has 0 unspecified atom stereocenters. The molecule has 7 nitrogen and oxygen atoms in total. The van der Waals surface area contributed by atoms with Crippen LogP contribution >= 0.6 is 11.3 Å². The Labute approximate surface area is 161 Å². The molecule has 0 saturated carbocycles. The summed E-state index contributed by atoms with van der Waals surface area (Å²) < 4.78 is 6.44. The number of carbonyl (C=O) groups is 1. The van der Waals surface area contributed by atoms with Crippen LogP contribution in [-0.4, -0.2) is 47.2 Å². The third kappa shape index (κ3) is 2.78. The summed E-state index contributed by atoms with van der Waals surface area (Å²) in [5, 5.41) is 3.13. The highest BCUT2D eigenvalue weighted by Crippen LogP contribution is 2.55. The van der Waals surface area contributed by atoms with Crippen LogP contribution in [0.25, 0.3) is 0 Å². The average molecular weight is 385 g/mol. The molecule has 3 N–H and O–H groups in total. The van der Waals surface area contributed by atoms with Gasteiger partial charge in [-0.1, -0.05) is 0 Å². The first-order chi connectivity index (χ1) is 13.0. The largest absolute Gasteiger partial charge is 0.384 e. The number of anilines is 2. The standard InChI is InChI=1S/C19H23N5O2S/c1-11-2-3-15(27-11)17(25)22-8-12-13-9-24(18-21-7-5-16(20)23-18)10-19(13)6-4-14(12)26-19/h2-3,5,7,12-14H,4,6,8-10H2,1H3,(H,22,25)(H2,20,21,23)/t12-,13+,14+,19+/m0/s1. The molecule has 8 heteroatoms. The minimum Gasteiger partial charge on any atom is -0.384 e. The highest BCUT2D eigenvalue weighted by atomic mass is 32.1. The molecule has 5 rings (SSSR count). The van der Waals surface area contributed by atoms with E-state index in [9.17, 15) is 4.79 Å². The molecule has 2 aromatic heterocycles. The number of nitrogen functional groups attached to an aromatic ring is 1. The van der Waals surface area contributed by atoms with Gasteiger partial charge in [0.1, 0.15) is 5.82 Å². The molecule has 3 fully saturated rings. The molecule has 2 aromatic rings. The van der Waals surface area contributed by atoms with Gasteiger partial charge in [0.25, 0.3) is 5.91 Å². The van der Waals surface area contributed by atoms with E-state index < -0.39 is 0 Å². The Hall–Kier alpha value is -2.19. The lowest BCUT2D eigenvalue weighted by molar-refractivity contribution is 0.0141. The molecule has 3 saturated heterocycles. The van der Waals surface area contributed by atoms with Gasteiger partial charge in [-0.05, 0) is 38.0 Å². The fraction of sp³-hybridized carbons (Fsp3) is 0.526. The number of carbonyl (C=O) groups excluding carboxylic acids is 1. The van der Waals surface area contributed by atoms with E-state index in [0.717, 1.165) is 35.7 Å². The summed E-state index contributed by atoms with van der Waals surface area (Å²) in [4.78, 5) is 25.3. The first kappa shape index (κ1) is 16.9. The van der Waals surface area contributed by atoms with Crippen LogP contribution in [0.4, 0.5) is 11.8 Å². The summed E-state index contributed by atoms with van der Waals surface area (Å²) in [6, 6.07) is 5.57. The van der Waals surface area contributed by atoms with E-state index in [2.05, 4.69) is 20.2 Å². The second-order valence-corrected chi connectivity index (χ2v) is 9.10. The molecule has 3 aliphatic heterocycles. The predicted molar refractivity (Wildman–Crippen MR) is 104 cm³/mol. The summed E-state index contributed by atoms with van der Waals surface area (Å²) in [5.41, 5.74) is 5.69. The van der Waals surface area contributed by atoms with Gasteiger partial charge in [0.2, 0.25) is 5.95 Å². The number of hydrogen-bond donors (Lipinski definition) is 2. The van der Waals surface area contributed by atoms with Crippen LogP contribution in [-0.2, 0) is 4.74 Å². The number of ether oxygens (including phenoxy) is 1. The van der Waals surface area contributed by atoms with Crippen molar-refractivity contribution in [3.63, 3.8) is 0 Å². The minimum absolute atomic E-state index is 0.0129. The van der Waals surface area contributed by atoms with Gasteiger partial charge in [-0.3, -0.25) is 4.79 Å². The highest BCUT2D eigenvalue weighted by Gasteiger charge is 2.63. The molecular formula is C19H23N5O2S. The Balaban J connectivity index is 1.30. The lowest BCUT2D eigenvalue weighted by Gasteiger charge is -2.29. The zero-order valence-corrected chi connectivity index (χ0v) is 16.0. The third-order valence-corrected chi connectivity index (χ3v) is 7.19. The summed E-state index contributed by atoms with van der Waals surface area (Å²) in [5.74, 6) is 1.87. The van der Waals surface area contributed by atoms with E-state index in [-0.39, 0.29) is 17.6 Å². The van der Waals surface area contributed by atoms with Crippen molar-refractivity contribution in [1.82, 2.24) is 15.3 Å². The quantitative estimate of drug-likeness (QED) is 0.834. The van der Waals surface area contributed by atoms with Crippen molar-refractivity contribution < 1.29 is 9.53 Å². The Kier molecular flexibility index (Phi) is 3.87. The lowest BCUT2D eigenvalue weighted by atomic mass is 9.73. The number of hydrogen-bond acceptors (Lipinski definition) is 7. The smallest absolute Gasteiger partial charge is 0.261 e. The number of aryl methyl sites for hydroxylation is 1. The number of amides is 1. The zero-order chi connectivity index (χ0) is 18.6. The van der Waals surface area contributed by atoms with Gasteiger partial charge in [-0.2, -0.15) is 4.98 Å². The normalized spacial score (nSPS) is 31.3. The Bertz CT molecular complexity index is 886. The first-order valence-electron chi connectivity index (χ1n) is 9.40. The van der Waals surface area contributed by atoms with Crippen LogP contribution < -0.4 is 16.0 Å². The molecule has 3 aliphatic rings. The summed E-state index contributed by atoms with van der Waals surface area (Å²) >= 11 is 1.53. The second kappa shape index (κ2) is 6.17. The van der Waals surface area contributed by atoms with Crippen molar-refractivity contribution in [2.45, 2.75) is 31.5 Å². The SMILES string of the molecule is Cc1ccc(C(=O)NC[C@H]2[C@H]3CN(c4nccc(N)n4)C[C@]34CC[C@H]2O4)s1. The summed E-state index contributed by atoms with van der Waals surface area (Å²) in [7, 11) is 0. The highest BCUT2D eigenvalue weighted by molar-refractivity contribution is 7.13. The van der Waals surface area contributed by atoms with E-state index in [1.165, 1.54) is 11.3 Å². The van der Waals surface area contributed by atoms with Crippen molar-refractivity contribution in [2.24, 2.45) is 11.8 Å². The third-order valence-electron chi connectivity index (χ3n) is 6.19. The molecule has 5 heterocycles. The van der Waals surface area contributed by atoms with Crippen LogP contribution in [0.3, 0.4) is 0 Å². The number of rotatable bonds is 4. The molecule has 1 amide bonds. The van der Waals surface area contributed by atoms with Gasteiger partial charge < -0.3 is 20.7 Å². The minimum atomic E-state index is -0.131. The zero-order valence-electron chi connectivity index (χ0n) is 15.2. The van der Waals surface area contributed by atoms with Crippen LogP contribution in [0.15, 0.2) is 24.4 Å². The topological polar surface area (TPSA) is 93.4 Å². The van der Waals surface area contributed by atoms with Crippen molar-refractivity contribution in [3.8, 4) is 0 Å². The number of nitrogens with one attached hydrogen (secondary N) is 1. The molecule has 0 aliphatic carbocycles. The lowest BCUT2D eigenvalue weighted by Crippen LogP contribution is -2.41. The Morgan fingerprint density at radius 2 is 2.37 bits per heavy atom. The second-order valence-electron chi connectivity index (χ2n) is 7.81. The van der Waals surface area contributed by atoms with Gasteiger partial charge in [0, 0.05) is 36.0 Å². The molecule has 142 valence electrons. The van der Waals surface area contributed by atoms with Gasteiger partial charge in [-0.25, -0.2) is 4.98 Å². The summed E-state index contributed by atoms with van der Waals surface area (Å²) in [6.07, 6.45) is 4.06. The number of thiophene rings is 1. The molecule has 0 radical (unpaired) electrons. The molecule has 27 heavy (non-hydrogen) atoms. The molecule has 0 aromatic carbocycles. The monoisotopic (exact) mass is 385 g/mol. The average Bonchev–Trinajstić information content (AvgIpc) is 3.39. The van der Waals surface area contributed by atoms with E-state index in [0.29, 0.717) is 30.1 Å². The number of fused-ring (bicyclic) bond motifs is 1. The fourth-order valence-electron chi connectivity index (χ4n) is 4.98. The van der Waals surface area contributed by atoms with Crippen molar-refractivity contribution in [3.05, 3.63) is 34.2 Å². The van der Waals surface area contributed by atoms with Crippen LogP contribution in [0.2, 0.25) is 0 Å². The molecule has 4 atom stereocenters. The Morgan fingerprint density at radius 3 is 3.15 bits per heavy atom. The number of nitrogens with two attached hydrogens (primary N) is 1. The van der Waals surface area contributed by atoms with Crippen molar-refractivity contribution >= 4 is 29.0 Å². The maximum atomic E-state index is 12.4. The van der Waals surface area contributed by atoms with Gasteiger partial charge in [0.15, 0.2) is 0 Å². The van der Waals surface area contributed by atoms with Gasteiger partial charge >= 0.3 is 0 Å². The van der Waals surface area contributed by atoms with Crippen molar-refractivity contribution in [1.29, 1.82) is 0 Å². The first-order valence-corrected chi connectivity index (χ1v) is 10.2. The van der Waals surface area contributed by atoms with Crippen LogP contribution in [0, 0.1) is 18.8 Å². The van der Waals surface area contributed by atoms with E-state index in [1.54, 1.807) is 12.3 Å². The Morgan fingerprint density at radius 1 is 1.48 bits per heavy atom. The number of nitrogens with zero attached hydrogens (tertiary/aromatic N) is 3. The predicted octanol–water partition coefficient (Wildman–Crippen LogP) is 1.84. The van der Waals surface area contributed by atoms with Gasteiger partial charge in [0.05, 0.1) is 23.1 Å². The molecule has 2 bridgehead atoms. The van der Waals surface area contributed by atoms with E-state index >= 15 is 0 Å². The van der Waals surface area contributed by atoms with E-state index in [4.69, 9.17) is 10.5 Å².